The Morgan fingerprint density at radius 1 is 1.16 bits per heavy atom. The Kier molecular flexibility index (Phi) is 9.32. The van der Waals surface area contributed by atoms with Gasteiger partial charge in [-0.25, -0.2) is 0 Å². The van der Waals surface area contributed by atoms with Gasteiger partial charge in [0.2, 0.25) is 0 Å². The van der Waals surface area contributed by atoms with E-state index in [0.717, 1.165) is 56.1 Å². The zero-order valence-electron chi connectivity index (χ0n) is 23.5. The van der Waals surface area contributed by atoms with E-state index in [2.05, 4.69) is 20.8 Å². The largest absolute Gasteiger partial charge is 0.461 e. The fraction of sp³-hybridized carbons (Fsp3) is 0.697. The van der Waals surface area contributed by atoms with Crippen molar-refractivity contribution in [3.63, 3.8) is 0 Å². The Labute approximate surface area is 224 Å². The first kappa shape index (κ1) is 28.1. The molecule has 1 aromatic rings. The zero-order valence-corrected chi connectivity index (χ0v) is 23.5. The molecule has 204 valence electrons. The molecule has 0 bridgehead atoms. The van der Waals surface area contributed by atoms with E-state index in [9.17, 15) is 14.7 Å². The number of benzene rings is 1. The summed E-state index contributed by atoms with van der Waals surface area (Å²) in [5.74, 6) is 2.28. The van der Waals surface area contributed by atoms with Crippen LogP contribution in [0.25, 0.3) is 0 Å². The molecule has 0 heterocycles. The molecule has 3 unspecified atom stereocenters. The topological polar surface area (TPSA) is 63.6 Å². The molecule has 3 aliphatic rings. The third kappa shape index (κ3) is 6.21. The lowest BCUT2D eigenvalue weighted by molar-refractivity contribution is -0.145. The maximum absolute atomic E-state index is 14.1. The van der Waals surface area contributed by atoms with Crippen molar-refractivity contribution in [2.45, 2.75) is 105 Å². The molecule has 0 saturated heterocycles. The molecular weight excluding hydrogens is 460 g/mol. The first-order valence-electron chi connectivity index (χ1n) is 14.8. The number of carbonyl (C=O) groups is 2. The highest BCUT2D eigenvalue weighted by Gasteiger charge is 2.56. The average molecular weight is 509 g/mol. The van der Waals surface area contributed by atoms with Gasteiger partial charge in [0, 0.05) is 12.3 Å². The molecule has 0 aliphatic heterocycles. The Morgan fingerprint density at radius 3 is 2.65 bits per heavy atom. The van der Waals surface area contributed by atoms with Gasteiger partial charge in [-0.05, 0) is 104 Å². The summed E-state index contributed by atoms with van der Waals surface area (Å²) in [6.07, 6.45) is 11.2. The van der Waals surface area contributed by atoms with E-state index in [-0.39, 0.29) is 29.3 Å². The number of Topliss-reactive ketones (excluding diaryl/α,β-unsaturated/α-hetero) is 1. The van der Waals surface area contributed by atoms with E-state index in [1.807, 2.05) is 43.3 Å². The van der Waals surface area contributed by atoms with Gasteiger partial charge in [-0.15, -0.1) is 0 Å². The molecule has 4 rings (SSSR count). The minimum atomic E-state index is -0.306. The van der Waals surface area contributed by atoms with Gasteiger partial charge in [-0.2, -0.15) is 0 Å². The van der Waals surface area contributed by atoms with E-state index < -0.39 is 0 Å². The van der Waals surface area contributed by atoms with Crippen molar-refractivity contribution in [2.75, 3.05) is 0 Å². The zero-order chi connectivity index (χ0) is 26.6. The number of esters is 1. The van der Waals surface area contributed by atoms with Crippen LogP contribution in [0.15, 0.2) is 42.0 Å². The van der Waals surface area contributed by atoms with Crippen molar-refractivity contribution in [3.8, 4) is 0 Å². The lowest BCUT2D eigenvalue weighted by Gasteiger charge is -2.50. The van der Waals surface area contributed by atoms with Crippen LogP contribution in [0, 0.1) is 40.9 Å². The number of hydrogen-bond donors (Lipinski definition) is 1. The number of ether oxygens (including phenoxy) is 1. The van der Waals surface area contributed by atoms with Crippen LogP contribution < -0.4 is 0 Å². The molecule has 37 heavy (non-hydrogen) atoms. The fourth-order valence-electron chi connectivity index (χ4n) is 8.40. The summed E-state index contributed by atoms with van der Waals surface area (Å²) in [6, 6.07) is 9.85. The minimum Gasteiger partial charge on any atom is -0.461 e. The summed E-state index contributed by atoms with van der Waals surface area (Å²) in [5, 5.41) is 10.5. The summed E-state index contributed by atoms with van der Waals surface area (Å²) in [7, 11) is 0. The van der Waals surface area contributed by atoms with Gasteiger partial charge in [0.15, 0.2) is 5.78 Å². The Balaban J connectivity index is 1.42. The highest BCUT2D eigenvalue weighted by molar-refractivity contribution is 5.98. The van der Waals surface area contributed by atoms with Gasteiger partial charge < -0.3 is 9.84 Å². The van der Waals surface area contributed by atoms with Gasteiger partial charge in [0.1, 0.15) is 6.61 Å². The fourth-order valence-corrected chi connectivity index (χ4v) is 8.40. The van der Waals surface area contributed by atoms with E-state index in [4.69, 9.17) is 4.74 Å². The summed E-state index contributed by atoms with van der Waals surface area (Å²) < 4.78 is 5.54. The number of aliphatic hydroxyl groups is 1. The molecule has 1 aromatic carbocycles. The average Bonchev–Trinajstić information content (AvgIpc) is 3.23. The second kappa shape index (κ2) is 12.3. The number of hydrogen-bond acceptors (Lipinski definition) is 4. The normalized spacial score (nSPS) is 36.5. The van der Waals surface area contributed by atoms with Crippen molar-refractivity contribution >= 4 is 11.8 Å². The molecule has 4 nitrogen and oxygen atoms in total. The number of allylic oxidation sites excluding steroid dienone is 2. The van der Waals surface area contributed by atoms with Crippen LogP contribution in [0.2, 0.25) is 0 Å². The minimum absolute atomic E-state index is 0.107. The van der Waals surface area contributed by atoms with Crippen LogP contribution in [0.1, 0.15) is 97.5 Å². The quantitative estimate of drug-likeness (QED) is 0.324. The van der Waals surface area contributed by atoms with Crippen LogP contribution in [0.3, 0.4) is 0 Å². The molecule has 1 N–H and O–H groups in total. The van der Waals surface area contributed by atoms with Crippen LogP contribution >= 0.6 is 0 Å². The maximum atomic E-state index is 14.1. The number of fused-ring (bicyclic) bond motifs is 3. The van der Waals surface area contributed by atoms with Gasteiger partial charge in [0.05, 0.1) is 6.10 Å². The first-order chi connectivity index (χ1) is 17.7. The number of rotatable bonds is 6. The summed E-state index contributed by atoms with van der Waals surface area (Å²) in [6.45, 7) is 9.21. The van der Waals surface area contributed by atoms with Crippen molar-refractivity contribution in [1.29, 1.82) is 0 Å². The predicted molar refractivity (Wildman–Crippen MR) is 148 cm³/mol. The van der Waals surface area contributed by atoms with Crippen molar-refractivity contribution in [3.05, 3.63) is 47.5 Å². The van der Waals surface area contributed by atoms with E-state index in [0.29, 0.717) is 48.9 Å². The predicted octanol–water partition coefficient (Wildman–Crippen LogP) is 7.29. The van der Waals surface area contributed by atoms with E-state index in [1.54, 1.807) is 0 Å². The third-order valence-corrected chi connectivity index (χ3v) is 10.4. The summed E-state index contributed by atoms with van der Waals surface area (Å²) in [5.41, 5.74) is 2.11. The van der Waals surface area contributed by atoms with Gasteiger partial charge in [-0.3, -0.25) is 9.59 Å². The third-order valence-electron chi connectivity index (χ3n) is 10.4. The maximum Gasteiger partial charge on any atom is 0.306 e. The Bertz CT molecular complexity index is 952. The molecule has 0 amide bonds. The smallest absolute Gasteiger partial charge is 0.306 e. The highest BCUT2D eigenvalue weighted by Crippen LogP contribution is 2.62. The first-order valence-corrected chi connectivity index (χ1v) is 14.8. The van der Waals surface area contributed by atoms with E-state index in [1.165, 1.54) is 6.42 Å². The van der Waals surface area contributed by atoms with Gasteiger partial charge in [0.25, 0.3) is 0 Å². The molecule has 3 aliphatic carbocycles. The Morgan fingerprint density at radius 2 is 1.92 bits per heavy atom. The molecular formula is C33H48O4. The standard InChI is InChI=1S/C33H48O4/c1-5-27-23(3)20-26(34)13-9-12-25-18-19-33(4)28(15-16-29(33)31(25)32(27)36)22(2)14-17-30(35)37-21-24-10-7-6-8-11-24/h5-8,10-11,22-23,25-26,28-29,31,34H,9,12-21H2,1-4H3/b27-5-/t22-,23+,25?,26-,28?,29?,31+,33-/m1/s1. The molecule has 3 fully saturated rings. The molecule has 0 spiro atoms. The van der Waals surface area contributed by atoms with Crippen LogP contribution in [-0.2, 0) is 20.9 Å². The second-order valence-corrected chi connectivity index (χ2v) is 12.6. The Hall–Kier alpha value is -1.94. The van der Waals surface area contributed by atoms with Crippen LogP contribution in [-0.4, -0.2) is 23.0 Å². The molecule has 3 saturated carbocycles. The van der Waals surface area contributed by atoms with Crippen LogP contribution in [0.5, 0.6) is 0 Å². The van der Waals surface area contributed by atoms with Crippen LogP contribution in [0.4, 0.5) is 0 Å². The lowest BCUT2D eigenvalue weighted by Crippen LogP contribution is -2.46. The monoisotopic (exact) mass is 508 g/mol. The van der Waals surface area contributed by atoms with Gasteiger partial charge in [-0.1, -0.05) is 63.6 Å². The molecule has 8 atom stereocenters. The summed E-state index contributed by atoms with van der Waals surface area (Å²) >= 11 is 0. The molecule has 4 heteroatoms. The number of carbonyl (C=O) groups excluding carboxylic acids is 2. The van der Waals surface area contributed by atoms with Crippen molar-refractivity contribution in [1.82, 2.24) is 0 Å². The highest BCUT2D eigenvalue weighted by atomic mass is 16.5. The van der Waals surface area contributed by atoms with Crippen molar-refractivity contribution < 1.29 is 19.4 Å². The van der Waals surface area contributed by atoms with Gasteiger partial charge >= 0.3 is 5.97 Å². The number of aliphatic hydroxyl groups excluding tert-OH is 1. The SMILES string of the molecule is C/C=C1\C(=O)[C@H]2C(CCC[C@@H](O)C[C@@H]1C)CC[C@@]1(C)C2CCC1[C@H](C)CCC(=O)OCc1ccccc1. The number of ketones is 1. The molecule has 0 aromatic heterocycles. The van der Waals surface area contributed by atoms with E-state index >= 15 is 0 Å². The van der Waals surface area contributed by atoms with Crippen molar-refractivity contribution in [2.24, 2.45) is 40.9 Å². The molecule has 0 radical (unpaired) electrons. The summed E-state index contributed by atoms with van der Waals surface area (Å²) in [4.78, 5) is 26.6. The lowest BCUT2D eigenvalue weighted by atomic mass is 9.54. The second-order valence-electron chi connectivity index (χ2n) is 12.6.